The Morgan fingerprint density at radius 2 is 1.11 bits per heavy atom. The van der Waals surface area contributed by atoms with Gasteiger partial charge in [-0.15, -0.1) is 11.3 Å². The standard InChI is InChI=1S/C23H21S4/c1-16-4-9-19(10-5-16)27(20-11-6-17(2)7-12-20)23-15-14-22(26-23)25-21-13-8-18(3)24-21/h4-15H,1-3H3/q+1. The van der Waals surface area contributed by atoms with E-state index < -0.39 is 0 Å². The summed E-state index contributed by atoms with van der Waals surface area (Å²) in [5.74, 6) is 0. The first-order chi connectivity index (χ1) is 13.1. The molecular formula is C23H21S4+. The fraction of sp³-hybridized carbons (Fsp3) is 0.130. The van der Waals surface area contributed by atoms with E-state index in [1.54, 1.807) is 0 Å². The van der Waals surface area contributed by atoms with E-state index in [-0.39, 0.29) is 10.9 Å². The van der Waals surface area contributed by atoms with Crippen LogP contribution in [-0.2, 0) is 10.9 Å². The molecule has 0 aliphatic rings. The smallest absolute Gasteiger partial charge is 0.134 e. The van der Waals surface area contributed by atoms with E-state index in [9.17, 15) is 0 Å². The van der Waals surface area contributed by atoms with Crippen molar-refractivity contribution in [2.75, 3.05) is 0 Å². The summed E-state index contributed by atoms with van der Waals surface area (Å²) in [6.45, 7) is 6.47. The molecule has 4 aromatic rings. The van der Waals surface area contributed by atoms with E-state index in [2.05, 4.69) is 93.6 Å². The summed E-state index contributed by atoms with van der Waals surface area (Å²) in [6, 6.07) is 27.1. The van der Waals surface area contributed by atoms with E-state index in [1.165, 1.54) is 38.4 Å². The summed E-state index contributed by atoms with van der Waals surface area (Å²) >= 11 is 5.68. The van der Waals surface area contributed by atoms with Crippen LogP contribution in [0.2, 0.25) is 0 Å². The highest BCUT2D eigenvalue weighted by Gasteiger charge is 2.30. The zero-order valence-electron chi connectivity index (χ0n) is 15.6. The molecule has 4 heteroatoms. The number of hydrogen-bond donors (Lipinski definition) is 0. The van der Waals surface area contributed by atoms with Gasteiger partial charge in [0.25, 0.3) is 0 Å². The topological polar surface area (TPSA) is 0 Å². The van der Waals surface area contributed by atoms with Crippen molar-refractivity contribution in [3.63, 3.8) is 0 Å². The van der Waals surface area contributed by atoms with Crippen LogP contribution in [-0.4, -0.2) is 0 Å². The summed E-state index contributed by atoms with van der Waals surface area (Å²) < 4.78 is 4.16. The summed E-state index contributed by atoms with van der Waals surface area (Å²) in [5, 5.41) is 0. The van der Waals surface area contributed by atoms with Crippen LogP contribution in [0.4, 0.5) is 0 Å². The molecule has 0 fully saturated rings. The van der Waals surface area contributed by atoms with Gasteiger partial charge < -0.3 is 0 Å². The van der Waals surface area contributed by atoms with Gasteiger partial charge in [-0.1, -0.05) is 58.5 Å². The minimum atomic E-state index is -0.0545. The van der Waals surface area contributed by atoms with Gasteiger partial charge in [-0.3, -0.25) is 0 Å². The molecule has 0 saturated carbocycles. The van der Waals surface area contributed by atoms with Crippen molar-refractivity contribution in [2.45, 2.75) is 43.2 Å². The van der Waals surface area contributed by atoms with Gasteiger partial charge in [-0.05, 0) is 63.2 Å². The molecule has 2 heterocycles. The molecule has 27 heavy (non-hydrogen) atoms. The van der Waals surface area contributed by atoms with E-state index >= 15 is 0 Å². The Bertz CT molecular complexity index is 977. The molecular weight excluding hydrogens is 405 g/mol. The molecule has 0 nitrogen and oxygen atoms in total. The van der Waals surface area contributed by atoms with Crippen LogP contribution >= 0.6 is 34.4 Å². The van der Waals surface area contributed by atoms with Crippen molar-refractivity contribution in [2.24, 2.45) is 0 Å². The Hall–Kier alpha value is -1.46. The van der Waals surface area contributed by atoms with Gasteiger partial charge in [0.15, 0.2) is 9.79 Å². The SMILES string of the molecule is Cc1ccc([S+](c2ccc(C)cc2)c2ccc(Sc3ccc(C)s3)s2)cc1. The quantitative estimate of drug-likeness (QED) is 0.292. The molecule has 0 aliphatic heterocycles. The molecule has 0 unspecified atom stereocenters. The third-order valence-corrected chi connectivity index (χ3v) is 10.1. The predicted molar refractivity (Wildman–Crippen MR) is 122 cm³/mol. The molecule has 0 amide bonds. The molecule has 0 N–H and O–H groups in total. The van der Waals surface area contributed by atoms with Crippen LogP contribution in [0.1, 0.15) is 16.0 Å². The lowest BCUT2D eigenvalue weighted by Crippen LogP contribution is -2.02. The van der Waals surface area contributed by atoms with Crippen LogP contribution < -0.4 is 0 Å². The molecule has 0 radical (unpaired) electrons. The molecule has 4 rings (SSSR count). The second-order valence-corrected chi connectivity index (χ2v) is 12.7. The maximum atomic E-state index is 2.32. The van der Waals surface area contributed by atoms with Crippen LogP contribution in [0.5, 0.6) is 0 Å². The van der Waals surface area contributed by atoms with Gasteiger partial charge in [0.1, 0.15) is 10.9 Å². The molecule has 0 spiro atoms. The van der Waals surface area contributed by atoms with E-state index in [0.717, 1.165) is 0 Å². The normalized spacial score (nSPS) is 11.3. The molecule has 136 valence electrons. The maximum Gasteiger partial charge on any atom is 0.221 e. The second kappa shape index (κ2) is 8.27. The molecule has 0 saturated heterocycles. The largest absolute Gasteiger partial charge is 0.221 e. The predicted octanol–water partition coefficient (Wildman–Crippen LogP) is 7.98. The van der Waals surface area contributed by atoms with Crippen LogP contribution in [0.3, 0.4) is 0 Å². The van der Waals surface area contributed by atoms with Crippen molar-refractivity contribution in [1.82, 2.24) is 0 Å². The number of thiophene rings is 2. The number of aryl methyl sites for hydroxylation is 3. The first-order valence-corrected chi connectivity index (χ1v) is 12.5. The Morgan fingerprint density at radius 1 is 0.593 bits per heavy atom. The molecule has 2 aromatic carbocycles. The van der Waals surface area contributed by atoms with Crippen molar-refractivity contribution in [3.8, 4) is 0 Å². The van der Waals surface area contributed by atoms with Gasteiger partial charge in [-0.25, -0.2) is 0 Å². The lowest BCUT2D eigenvalue weighted by Gasteiger charge is -2.06. The average Bonchev–Trinajstić information content (AvgIpc) is 3.28. The summed E-state index contributed by atoms with van der Waals surface area (Å²) in [4.78, 5) is 4.14. The van der Waals surface area contributed by atoms with Gasteiger partial charge in [0, 0.05) is 10.9 Å². The Labute approximate surface area is 176 Å². The third kappa shape index (κ3) is 4.52. The Kier molecular flexibility index (Phi) is 5.79. The van der Waals surface area contributed by atoms with E-state index in [1.807, 2.05) is 34.4 Å². The second-order valence-electron chi connectivity index (χ2n) is 6.47. The van der Waals surface area contributed by atoms with Crippen molar-refractivity contribution in [1.29, 1.82) is 0 Å². The van der Waals surface area contributed by atoms with E-state index in [0.29, 0.717) is 0 Å². The van der Waals surface area contributed by atoms with Crippen molar-refractivity contribution in [3.05, 3.63) is 88.8 Å². The average molecular weight is 426 g/mol. The van der Waals surface area contributed by atoms with Gasteiger partial charge in [-0.2, -0.15) is 0 Å². The van der Waals surface area contributed by atoms with Gasteiger partial charge >= 0.3 is 0 Å². The highest BCUT2D eigenvalue weighted by molar-refractivity contribution is 8.03. The zero-order valence-corrected chi connectivity index (χ0v) is 18.8. The van der Waals surface area contributed by atoms with Crippen LogP contribution in [0, 0.1) is 20.8 Å². The van der Waals surface area contributed by atoms with Gasteiger partial charge in [0.2, 0.25) is 4.21 Å². The lowest BCUT2D eigenvalue weighted by atomic mass is 10.2. The van der Waals surface area contributed by atoms with Crippen LogP contribution in [0.25, 0.3) is 0 Å². The number of rotatable bonds is 5. The molecule has 0 aliphatic carbocycles. The minimum Gasteiger partial charge on any atom is -0.134 e. The summed E-state index contributed by atoms with van der Waals surface area (Å²) in [6.07, 6.45) is 0. The summed E-state index contributed by atoms with van der Waals surface area (Å²) in [7, 11) is -0.0545. The van der Waals surface area contributed by atoms with E-state index in [4.69, 9.17) is 0 Å². The van der Waals surface area contributed by atoms with Crippen molar-refractivity contribution >= 4 is 45.3 Å². The maximum absolute atomic E-state index is 2.32. The zero-order chi connectivity index (χ0) is 18.8. The Balaban J connectivity index is 1.70. The fourth-order valence-corrected chi connectivity index (χ4v) is 9.07. The van der Waals surface area contributed by atoms with Crippen LogP contribution in [0.15, 0.2) is 95.2 Å². The fourth-order valence-electron chi connectivity index (χ4n) is 2.75. The molecule has 2 aromatic heterocycles. The highest BCUT2D eigenvalue weighted by Crippen LogP contribution is 2.42. The summed E-state index contributed by atoms with van der Waals surface area (Å²) in [5.41, 5.74) is 2.61. The minimum absolute atomic E-state index is 0.0545. The molecule has 0 atom stereocenters. The van der Waals surface area contributed by atoms with Crippen molar-refractivity contribution < 1.29 is 0 Å². The lowest BCUT2D eigenvalue weighted by molar-refractivity contribution is 1.31. The number of hydrogen-bond acceptors (Lipinski definition) is 3. The third-order valence-electron chi connectivity index (χ3n) is 4.19. The first-order valence-electron chi connectivity index (χ1n) is 8.80. The molecule has 0 bridgehead atoms. The first kappa shape index (κ1) is 18.9. The highest BCUT2D eigenvalue weighted by atomic mass is 32.2. The van der Waals surface area contributed by atoms with Gasteiger partial charge in [0.05, 0.1) is 8.42 Å². The Morgan fingerprint density at radius 3 is 1.63 bits per heavy atom. The number of benzene rings is 2. The monoisotopic (exact) mass is 425 g/mol.